The lowest BCUT2D eigenvalue weighted by Gasteiger charge is -2.30. The lowest BCUT2D eigenvalue weighted by Crippen LogP contribution is -2.25. The van der Waals surface area contributed by atoms with Gasteiger partial charge in [-0.1, -0.05) is 146 Å². The van der Waals surface area contributed by atoms with Gasteiger partial charge in [0.15, 0.2) is 17.5 Å². The van der Waals surface area contributed by atoms with Crippen LogP contribution in [0.4, 0.5) is 0 Å². The first-order valence-electron chi connectivity index (χ1n) is 17.0. The Labute approximate surface area is 288 Å². The highest BCUT2D eigenvalue weighted by atomic mass is 16.3. The molecular formula is C46H27N3O. The monoisotopic (exact) mass is 637 g/mol. The number of rotatable bonds is 3. The molecule has 0 bridgehead atoms. The molecule has 4 heteroatoms. The summed E-state index contributed by atoms with van der Waals surface area (Å²) in [4.78, 5) is 15.5. The van der Waals surface area contributed by atoms with Gasteiger partial charge in [0, 0.05) is 27.5 Å². The highest BCUT2D eigenvalue weighted by molar-refractivity contribution is 6.11. The number of nitrogens with zero attached hydrogens (tertiary/aromatic N) is 3. The van der Waals surface area contributed by atoms with Crippen molar-refractivity contribution >= 4 is 21.9 Å². The first-order valence-corrected chi connectivity index (χ1v) is 17.0. The maximum absolute atomic E-state index is 6.27. The molecule has 4 nitrogen and oxygen atoms in total. The fourth-order valence-electron chi connectivity index (χ4n) is 8.54. The molecule has 0 N–H and O–H groups in total. The van der Waals surface area contributed by atoms with Crippen molar-refractivity contribution < 1.29 is 4.42 Å². The summed E-state index contributed by atoms with van der Waals surface area (Å²) in [6.07, 6.45) is 0. The van der Waals surface area contributed by atoms with Crippen LogP contribution in [0.1, 0.15) is 22.3 Å². The highest BCUT2D eigenvalue weighted by Crippen LogP contribution is 2.63. The zero-order valence-electron chi connectivity index (χ0n) is 26.8. The number of fused-ring (bicyclic) bond motifs is 13. The quantitative estimate of drug-likeness (QED) is 0.193. The van der Waals surface area contributed by atoms with Crippen molar-refractivity contribution in [3.8, 4) is 56.4 Å². The molecule has 50 heavy (non-hydrogen) atoms. The van der Waals surface area contributed by atoms with E-state index in [-0.39, 0.29) is 0 Å². The number of hydrogen-bond donors (Lipinski definition) is 0. The summed E-state index contributed by atoms with van der Waals surface area (Å²) in [5.41, 5.74) is 14.2. The molecule has 11 rings (SSSR count). The number of benzene rings is 7. The molecule has 7 aromatic carbocycles. The van der Waals surface area contributed by atoms with Gasteiger partial charge in [0.2, 0.25) is 0 Å². The Hall–Kier alpha value is -6.65. The van der Waals surface area contributed by atoms with Gasteiger partial charge in [-0.2, -0.15) is 0 Å². The van der Waals surface area contributed by atoms with Gasteiger partial charge < -0.3 is 4.42 Å². The van der Waals surface area contributed by atoms with Crippen molar-refractivity contribution in [3.63, 3.8) is 0 Å². The summed E-state index contributed by atoms with van der Waals surface area (Å²) in [6.45, 7) is 0. The molecule has 2 aliphatic rings. The Balaban J connectivity index is 1.19. The second kappa shape index (κ2) is 10.2. The smallest absolute Gasteiger partial charge is 0.164 e. The molecule has 2 aromatic heterocycles. The van der Waals surface area contributed by atoms with Gasteiger partial charge in [0.1, 0.15) is 11.2 Å². The number of aromatic nitrogens is 3. The van der Waals surface area contributed by atoms with Crippen molar-refractivity contribution in [2.24, 2.45) is 0 Å². The zero-order chi connectivity index (χ0) is 32.8. The summed E-state index contributed by atoms with van der Waals surface area (Å²) < 4.78 is 6.27. The van der Waals surface area contributed by atoms with E-state index in [1.807, 2.05) is 48.5 Å². The van der Waals surface area contributed by atoms with Gasteiger partial charge in [-0.15, -0.1) is 0 Å². The fourth-order valence-corrected chi connectivity index (χ4v) is 8.54. The van der Waals surface area contributed by atoms with Gasteiger partial charge >= 0.3 is 0 Å². The SMILES string of the molecule is c1ccc(-c2nc(-c3ccc4c(c3)C3(c5ccccc5-c5ccccc53)c3ccccc3-4)nc(-c3cccc4oc5ccccc5c34)n2)cc1. The van der Waals surface area contributed by atoms with Crippen LogP contribution < -0.4 is 0 Å². The standard InChI is InChI=1S/C46H27N3O/c1-2-13-28(14-3-1)43-47-44(49-45(48-43)35-19-12-24-41-42(35)34-18-7-11-23-40(34)50-41)29-25-26-33-32-17-6-10-22-38(32)46(39(33)27-29)36-20-8-4-15-30(36)31-16-5-9-21-37(31)46/h1-27H. The molecule has 0 fully saturated rings. The van der Waals surface area contributed by atoms with E-state index in [0.717, 1.165) is 38.6 Å². The molecule has 2 heterocycles. The zero-order valence-corrected chi connectivity index (χ0v) is 26.8. The Kier molecular flexibility index (Phi) is 5.56. The van der Waals surface area contributed by atoms with Crippen LogP contribution in [0.5, 0.6) is 0 Å². The second-order valence-corrected chi connectivity index (χ2v) is 13.1. The van der Waals surface area contributed by atoms with E-state index in [9.17, 15) is 0 Å². The molecule has 2 aliphatic carbocycles. The van der Waals surface area contributed by atoms with Crippen LogP contribution in [0.3, 0.4) is 0 Å². The number of para-hydroxylation sites is 1. The average Bonchev–Trinajstić information content (AvgIpc) is 3.82. The minimum absolute atomic E-state index is 0.450. The second-order valence-electron chi connectivity index (χ2n) is 13.1. The van der Waals surface area contributed by atoms with Crippen LogP contribution >= 0.6 is 0 Å². The Morgan fingerprint density at radius 1 is 0.360 bits per heavy atom. The third-order valence-corrected chi connectivity index (χ3v) is 10.6. The van der Waals surface area contributed by atoms with Crippen LogP contribution in [-0.2, 0) is 5.41 Å². The molecule has 0 amide bonds. The summed E-state index contributed by atoms with van der Waals surface area (Å²) in [5.74, 6) is 1.87. The lowest BCUT2D eigenvalue weighted by atomic mass is 9.70. The summed E-state index contributed by atoms with van der Waals surface area (Å²) in [7, 11) is 0. The van der Waals surface area contributed by atoms with Gasteiger partial charge in [0.05, 0.1) is 5.41 Å². The minimum Gasteiger partial charge on any atom is -0.456 e. The molecule has 0 saturated carbocycles. The van der Waals surface area contributed by atoms with E-state index in [0.29, 0.717) is 17.5 Å². The summed E-state index contributed by atoms with van der Waals surface area (Å²) in [5, 5.41) is 2.04. The number of hydrogen-bond acceptors (Lipinski definition) is 4. The topological polar surface area (TPSA) is 51.8 Å². The summed E-state index contributed by atoms with van der Waals surface area (Å²) in [6, 6.07) is 57.8. The van der Waals surface area contributed by atoms with E-state index in [1.54, 1.807) is 0 Å². The van der Waals surface area contributed by atoms with Crippen molar-refractivity contribution in [1.29, 1.82) is 0 Å². The maximum Gasteiger partial charge on any atom is 0.164 e. The predicted molar refractivity (Wildman–Crippen MR) is 200 cm³/mol. The van der Waals surface area contributed by atoms with E-state index >= 15 is 0 Å². The van der Waals surface area contributed by atoms with E-state index in [1.165, 1.54) is 44.5 Å². The average molecular weight is 638 g/mol. The first-order chi connectivity index (χ1) is 24.8. The van der Waals surface area contributed by atoms with E-state index in [4.69, 9.17) is 19.4 Å². The molecule has 0 unspecified atom stereocenters. The van der Waals surface area contributed by atoms with Gasteiger partial charge in [-0.25, -0.2) is 15.0 Å². The van der Waals surface area contributed by atoms with Gasteiger partial charge in [0.25, 0.3) is 0 Å². The normalized spacial score (nSPS) is 13.4. The van der Waals surface area contributed by atoms with Crippen molar-refractivity contribution in [1.82, 2.24) is 15.0 Å². The molecule has 0 saturated heterocycles. The largest absolute Gasteiger partial charge is 0.456 e. The fraction of sp³-hybridized carbons (Fsp3) is 0.0217. The molecular weight excluding hydrogens is 611 g/mol. The Bertz CT molecular complexity index is 2770. The molecule has 0 aliphatic heterocycles. The van der Waals surface area contributed by atoms with Gasteiger partial charge in [-0.05, 0) is 62.7 Å². The van der Waals surface area contributed by atoms with E-state index in [2.05, 4.69) is 115 Å². The minimum atomic E-state index is -0.450. The first kappa shape index (κ1) is 27.3. The van der Waals surface area contributed by atoms with E-state index < -0.39 is 5.41 Å². The van der Waals surface area contributed by atoms with Crippen molar-refractivity contribution in [2.45, 2.75) is 5.41 Å². The van der Waals surface area contributed by atoms with Gasteiger partial charge in [-0.3, -0.25) is 0 Å². The third-order valence-electron chi connectivity index (χ3n) is 10.6. The summed E-state index contributed by atoms with van der Waals surface area (Å²) >= 11 is 0. The van der Waals surface area contributed by atoms with Crippen molar-refractivity contribution in [2.75, 3.05) is 0 Å². The molecule has 0 radical (unpaired) electrons. The Morgan fingerprint density at radius 2 is 0.880 bits per heavy atom. The predicted octanol–water partition coefficient (Wildman–Crippen LogP) is 11.1. The van der Waals surface area contributed by atoms with Crippen LogP contribution in [0.2, 0.25) is 0 Å². The maximum atomic E-state index is 6.27. The molecule has 9 aromatic rings. The van der Waals surface area contributed by atoms with Crippen LogP contribution in [0, 0.1) is 0 Å². The highest BCUT2D eigenvalue weighted by Gasteiger charge is 2.51. The molecule has 1 spiro atoms. The van der Waals surface area contributed by atoms with Crippen molar-refractivity contribution in [3.05, 3.63) is 186 Å². The molecule has 0 atom stereocenters. The Morgan fingerprint density at radius 3 is 1.58 bits per heavy atom. The third kappa shape index (κ3) is 3.62. The number of furan rings is 1. The lowest BCUT2D eigenvalue weighted by molar-refractivity contribution is 0.669. The molecule has 232 valence electrons. The van der Waals surface area contributed by atoms with Crippen LogP contribution in [0.15, 0.2) is 168 Å². The van der Waals surface area contributed by atoms with Crippen LogP contribution in [-0.4, -0.2) is 15.0 Å². The van der Waals surface area contributed by atoms with Crippen LogP contribution in [0.25, 0.3) is 78.4 Å².